The molecule has 1 aromatic carbocycles. The summed E-state index contributed by atoms with van der Waals surface area (Å²) in [6.07, 6.45) is 1.92. The third-order valence-corrected chi connectivity index (χ3v) is 2.51. The number of nitrogens with zero attached hydrogens (tertiary/aromatic N) is 1. The van der Waals surface area contributed by atoms with E-state index < -0.39 is 5.97 Å². The van der Waals surface area contributed by atoms with E-state index in [1.165, 1.54) is 6.07 Å². The van der Waals surface area contributed by atoms with Crippen LogP contribution in [0.15, 0.2) is 58.6 Å². The van der Waals surface area contributed by atoms with Gasteiger partial charge in [-0.15, -0.1) is 0 Å². The Balaban J connectivity index is 0.000000178. The first-order valence-electron chi connectivity index (χ1n) is 5.85. The average molecular weight is 272 g/mol. The van der Waals surface area contributed by atoms with E-state index >= 15 is 0 Å². The predicted molar refractivity (Wildman–Crippen MR) is 72.9 cm³/mol. The molecule has 1 aliphatic rings. The molecular formula is C14H12N2O4. The number of pyridine rings is 1. The second-order valence-electron chi connectivity index (χ2n) is 3.95. The van der Waals surface area contributed by atoms with Crippen LogP contribution in [-0.4, -0.2) is 21.8 Å². The lowest BCUT2D eigenvalue weighted by Gasteiger charge is -2.11. The standard InChI is InChI=1S/C9H7NO3.C5H5NO/c11-9(12)7-5-6-3-1-2-4-8(6)13-10-7;7-5-3-1-2-4-6-5/h1-4H,5H2,(H,11,12);1-4H,(H,6,7). The molecule has 6 heteroatoms. The van der Waals surface area contributed by atoms with Crippen LogP contribution in [0.4, 0.5) is 0 Å². The number of aromatic amines is 1. The van der Waals surface area contributed by atoms with E-state index in [1.807, 2.05) is 18.2 Å². The van der Waals surface area contributed by atoms with Gasteiger partial charge in [-0.2, -0.15) is 0 Å². The molecule has 102 valence electrons. The van der Waals surface area contributed by atoms with Crippen LogP contribution in [0.1, 0.15) is 5.56 Å². The number of aromatic nitrogens is 1. The summed E-state index contributed by atoms with van der Waals surface area (Å²) in [4.78, 5) is 28.1. The van der Waals surface area contributed by atoms with Gasteiger partial charge in [0.15, 0.2) is 11.5 Å². The lowest BCUT2D eigenvalue weighted by Crippen LogP contribution is -2.20. The molecule has 0 aliphatic carbocycles. The lowest BCUT2D eigenvalue weighted by atomic mass is 10.1. The maximum absolute atomic E-state index is 10.6. The Hall–Kier alpha value is -2.89. The highest BCUT2D eigenvalue weighted by Gasteiger charge is 2.18. The largest absolute Gasteiger partial charge is 0.477 e. The van der Waals surface area contributed by atoms with Gasteiger partial charge in [0.05, 0.1) is 0 Å². The second-order valence-corrected chi connectivity index (χ2v) is 3.95. The van der Waals surface area contributed by atoms with Crippen molar-refractivity contribution in [3.8, 4) is 5.75 Å². The van der Waals surface area contributed by atoms with Crippen molar-refractivity contribution in [2.75, 3.05) is 0 Å². The molecule has 0 unspecified atom stereocenters. The van der Waals surface area contributed by atoms with Gasteiger partial charge in [0.25, 0.3) is 0 Å². The molecule has 2 N–H and O–H groups in total. The maximum atomic E-state index is 10.6. The molecule has 20 heavy (non-hydrogen) atoms. The maximum Gasteiger partial charge on any atom is 0.354 e. The number of nitrogens with one attached hydrogen (secondary N) is 1. The number of carbonyl (C=O) groups is 1. The Kier molecular flexibility index (Phi) is 4.28. The fourth-order valence-corrected chi connectivity index (χ4v) is 1.55. The van der Waals surface area contributed by atoms with Crippen molar-refractivity contribution >= 4 is 11.7 Å². The number of aliphatic carboxylic acids is 1. The smallest absolute Gasteiger partial charge is 0.354 e. The van der Waals surface area contributed by atoms with Crippen molar-refractivity contribution < 1.29 is 14.7 Å². The van der Waals surface area contributed by atoms with Gasteiger partial charge in [0.2, 0.25) is 5.56 Å². The molecule has 0 atom stereocenters. The molecule has 6 nitrogen and oxygen atoms in total. The molecule has 0 radical (unpaired) electrons. The van der Waals surface area contributed by atoms with Crippen LogP contribution < -0.4 is 10.4 Å². The molecule has 0 saturated heterocycles. The highest BCUT2D eigenvalue weighted by atomic mass is 16.6. The number of hydrogen-bond acceptors (Lipinski definition) is 4. The van der Waals surface area contributed by atoms with Gasteiger partial charge >= 0.3 is 5.97 Å². The minimum Gasteiger partial charge on any atom is -0.477 e. The van der Waals surface area contributed by atoms with Crippen molar-refractivity contribution in [2.45, 2.75) is 6.42 Å². The second kappa shape index (κ2) is 6.33. The zero-order valence-corrected chi connectivity index (χ0v) is 10.4. The summed E-state index contributed by atoms with van der Waals surface area (Å²) in [6.45, 7) is 0. The third kappa shape index (κ3) is 3.55. The number of fused-ring (bicyclic) bond motifs is 1. The Morgan fingerprint density at radius 3 is 2.55 bits per heavy atom. The quantitative estimate of drug-likeness (QED) is 0.821. The van der Waals surface area contributed by atoms with Crippen molar-refractivity contribution in [2.24, 2.45) is 5.16 Å². The average Bonchev–Trinajstić information content (AvgIpc) is 2.48. The highest BCUT2D eigenvalue weighted by Crippen LogP contribution is 2.22. The van der Waals surface area contributed by atoms with Crippen LogP contribution in [-0.2, 0) is 11.2 Å². The lowest BCUT2D eigenvalue weighted by molar-refractivity contribution is -0.129. The molecule has 1 aliphatic heterocycles. The summed E-state index contributed by atoms with van der Waals surface area (Å²) in [5, 5.41) is 12.1. The number of para-hydroxylation sites is 1. The summed E-state index contributed by atoms with van der Waals surface area (Å²) in [5.41, 5.74) is 0.844. The van der Waals surface area contributed by atoms with Gasteiger partial charge < -0.3 is 14.9 Å². The number of benzene rings is 1. The third-order valence-electron chi connectivity index (χ3n) is 2.51. The monoisotopic (exact) mass is 272 g/mol. The number of carboxylic acids is 1. The van der Waals surface area contributed by atoms with Crippen LogP contribution in [0.3, 0.4) is 0 Å². The Morgan fingerprint density at radius 2 is 1.95 bits per heavy atom. The number of oxime groups is 1. The zero-order valence-electron chi connectivity index (χ0n) is 10.4. The fraction of sp³-hybridized carbons (Fsp3) is 0.0714. The van der Waals surface area contributed by atoms with E-state index in [0.29, 0.717) is 12.2 Å². The normalized spacial score (nSPS) is 12.1. The van der Waals surface area contributed by atoms with E-state index in [0.717, 1.165) is 5.56 Å². The van der Waals surface area contributed by atoms with Crippen molar-refractivity contribution in [3.63, 3.8) is 0 Å². The van der Waals surface area contributed by atoms with E-state index in [1.54, 1.807) is 24.4 Å². The van der Waals surface area contributed by atoms with E-state index in [9.17, 15) is 9.59 Å². The molecule has 0 saturated carbocycles. The van der Waals surface area contributed by atoms with E-state index in [-0.39, 0.29) is 11.3 Å². The topological polar surface area (TPSA) is 91.8 Å². The molecule has 2 aromatic rings. The molecule has 0 fully saturated rings. The molecule has 3 rings (SSSR count). The number of hydrogen-bond donors (Lipinski definition) is 2. The van der Waals surface area contributed by atoms with Crippen molar-refractivity contribution in [1.29, 1.82) is 0 Å². The van der Waals surface area contributed by atoms with E-state index in [4.69, 9.17) is 9.94 Å². The molecular weight excluding hydrogens is 260 g/mol. The minimum atomic E-state index is -1.03. The molecule has 0 spiro atoms. The van der Waals surface area contributed by atoms with Gasteiger partial charge in [-0.3, -0.25) is 4.79 Å². The van der Waals surface area contributed by atoms with Crippen LogP contribution >= 0.6 is 0 Å². The van der Waals surface area contributed by atoms with Crippen LogP contribution in [0.2, 0.25) is 0 Å². The molecule has 2 heterocycles. The van der Waals surface area contributed by atoms with Gasteiger partial charge in [0, 0.05) is 24.2 Å². The van der Waals surface area contributed by atoms with Crippen molar-refractivity contribution in [3.05, 3.63) is 64.6 Å². The summed E-state index contributed by atoms with van der Waals surface area (Å²) in [7, 11) is 0. The van der Waals surface area contributed by atoms with Crippen molar-refractivity contribution in [1.82, 2.24) is 4.98 Å². The van der Waals surface area contributed by atoms with Gasteiger partial charge in [-0.1, -0.05) is 29.4 Å². The Morgan fingerprint density at radius 1 is 1.20 bits per heavy atom. The summed E-state index contributed by atoms with van der Waals surface area (Å²) in [5.74, 6) is -0.401. The Bertz CT molecular complexity index is 674. The zero-order chi connectivity index (χ0) is 14.4. The minimum absolute atomic E-state index is 0.0405. The molecule has 0 bridgehead atoms. The summed E-state index contributed by atoms with van der Waals surface area (Å²) in [6, 6.07) is 12.2. The number of H-pyrrole nitrogens is 1. The fourth-order valence-electron chi connectivity index (χ4n) is 1.55. The molecule has 0 amide bonds. The SMILES string of the molecule is O=C(O)C1=NOc2ccccc2C1.O=c1cccc[nH]1. The van der Waals surface area contributed by atoms with Crippen LogP contribution in [0, 0.1) is 0 Å². The van der Waals surface area contributed by atoms with Gasteiger partial charge in [-0.05, 0) is 12.1 Å². The summed E-state index contributed by atoms with van der Waals surface area (Å²) < 4.78 is 0. The molecule has 1 aromatic heterocycles. The first-order valence-corrected chi connectivity index (χ1v) is 5.85. The first-order chi connectivity index (χ1) is 9.66. The highest BCUT2D eigenvalue weighted by molar-refractivity contribution is 6.36. The number of carboxylic acid groups (broad SMARTS) is 1. The van der Waals surface area contributed by atoms with Crippen LogP contribution in [0.5, 0.6) is 5.75 Å². The van der Waals surface area contributed by atoms with Gasteiger partial charge in [0.1, 0.15) is 0 Å². The van der Waals surface area contributed by atoms with Crippen LogP contribution in [0.25, 0.3) is 0 Å². The number of rotatable bonds is 1. The predicted octanol–water partition coefficient (Wildman–Crippen LogP) is 1.44. The van der Waals surface area contributed by atoms with Gasteiger partial charge in [-0.25, -0.2) is 4.79 Å². The Labute approximate surface area is 114 Å². The summed E-state index contributed by atoms with van der Waals surface area (Å²) >= 11 is 0. The van der Waals surface area contributed by atoms with E-state index in [2.05, 4.69) is 10.1 Å². The first kappa shape index (κ1) is 13.5.